The number of nitrogens with one attached hydrogen (secondary N) is 1. The van der Waals surface area contributed by atoms with Gasteiger partial charge >= 0.3 is 0 Å². The molecular weight excluding hydrogens is 272 g/mol. The Balaban J connectivity index is 2.07. The third-order valence-corrected chi connectivity index (χ3v) is 3.03. The summed E-state index contributed by atoms with van der Waals surface area (Å²) in [6, 6.07) is 3.40. The molecule has 3 N–H and O–H groups in total. The molecule has 0 bridgehead atoms. The molecule has 0 amide bonds. The summed E-state index contributed by atoms with van der Waals surface area (Å²) < 4.78 is 5.44. The van der Waals surface area contributed by atoms with E-state index in [4.69, 9.17) is 20.8 Å². The van der Waals surface area contributed by atoms with Crippen molar-refractivity contribution in [1.29, 1.82) is 5.53 Å². The Hall–Kier alpha value is -2.35. The van der Waals surface area contributed by atoms with Gasteiger partial charge in [-0.15, -0.1) is 5.10 Å². The van der Waals surface area contributed by atoms with Crippen LogP contribution in [-0.4, -0.2) is 29.4 Å². The van der Waals surface area contributed by atoms with Crippen LogP contribution >= 0.6 is 0 Å². The van der Waals surface area contributed by atoms with E-state index in [0.717, 1.165) is 19.3 Å². The zero-order chi connectivity index (χ0) is 15.1. The van der Waals surface area contributed by atoms with Gasteiger partial charge in [0.1, 0.15) is 5.71 Å². The Labute approximate surface area is 122 Å². The summed E-state index contributed by atoms with van der Waals surface area (Å²) in [5.41, 5.74) is 14.2. The van der Waals surface area contributed by atoms with Crippen molar-refractivity contribution < 1.29 is 9.57 Å². The fraction of sp³-hybridized carbons (Fsp3) is 0.462. The molecule has 0 aromatic carbocycles. The highest BCUT2D eigenvalue weighted by Crippen LogP contribution is 2.14. The Morgan fingerprint density at radius 2 is 2.38 bits per heavy atom. The molecule has 21 heavy (non-hydrogen) atoms. The van der Waals surface area contributed by atoms with Crippen molar-refractivity contribution in [2.75, 3.05) is 6.61 Å². The van der Waals surface area contributed by atoms with Gasteiger partial charge in [0.25, 0.3) is 0 Å². The number of hydrogen-bond donors (Lipinski definition) is 2. The molecule has 1 fully saturated rings. The van der Waals surface area contributed by atoms with Crippen molar-refractivity contribution in [1.82, 2.24) is 4.98 Å². The Bertz CT molecular complexity index is 551. The quantitative estimate of drug-likeness (QED) is 0.373. The molecule has 1 unspecified atom stereocenters. The van der Waals surface area contributed by atoms with Gasteiger partial charge in [0.05, 0.1) is 12.3 Å². The molecule has 1 aromatic rings. The number of amidine groups is 1. The van der Waals surface area contributed by atoms with Crippen molar-refractivity contribution in [2.45, 2.75) is 32.5 Å². The first kappa shape index (κ1) is 15.0. The molecule has 112 valence electrons. The van der Waals surface area contributed by atoms with E-state index in [2.05, 4.69) is 20.5 Å². The molecule has 8 nitrogen and oxygen atoms in total. The highest BCUT2D eigenvalue weighted by atomic mass is 16.8. The Morgan fingerprint density at radius 3 is 3.10 bits per heavy atom. The Kier molecular flexibility index (Phi) is 5.33. The molecule has 1 aliphatic heterocycles. The number of nitrogens with two attached hydrogens (primary N) is 1. The molecule has 1 saturated heterocycles. The molecule has 1 atom stereocenters. The van der Waals surface area contributed by atoms with Gasteiger partial charge in [-0.25, -0.2) is 0 Å². The molecule has 1 aromatic heterocycles. The number of aromatic nitrogens is 1. The van der Waals surface area contributed by atoms with Crippen LogP contribution in [0.1, 0.15) is 37.4 Å². The summed E-state index contributed by atoms with van der Waals surface area (Å²) in [6.07, 6.45) is 4.29. The summed E-state index contributed by atoms with van der Waals surface area (Å²) in [5.74, 6) is 0.151. The average molecular weight is 290 g/mol. The minimum Gasteiger partial charge on any atom is -0.382 e. The third-order valence-electron chi connectivity index (χ3n) is 3.03. The van der Waals surface area contributed by atoms with E-state index in [-0.39, 0.29) is 12.1 Å². The van der Waals surface area contributed by atoms with Gasteiger partial charge in [-0.3, -0.25) is 4.98 Å². The van der Waals surface area contributed by atoms with Crippen LogP contribution < -0.4 is 5.73 Å². The molecule has 0 radical (unpaired) electrons. The summed E-state index contributed by atoms with van der Waals surface area (Å²) >= 11 is 0. The van der Waals surface area contributed by atoms with Crippen molar-refractivity contribution in [3.63, 3.8) is 0 Å². The second-order valence-electron chi connectivity index (χ2n) is 4.59. The van der Waals surface area contributed by atoms with Crippen LogP contribution in [0.25, 0.3) is 0 Å². The first-order chi connectivity index (χ1) is 10.2. The van der Waals surface area contributed by atoms with Gasteiger partial charge in [0.15, 0.2) is 5.84 Å². The number of pyridine rings is 1. The molecule has 8 heteroatoms. The lowest BCUT2D eigenvalue weighted by atomic mass is 10.2. The van der Waals surface area contributed by atoms with E-state index in [9.17, 15) is 0 Å². The molecule has 2 rings (SSSR count). The monoisotopic (exact) mass is 290 g/mol. The van der Waals surface area contributed by atoms with Crippen LogP contribution in [0.2, 0.25) is 0 Å². The van der Waals surface area contributed by atoms with Crippen molar-refractivity contribution >= 4 is 11.5 Å². The highest BCUT2D eigenvalue weighted by Gasteiger charge is 2.15. The van der Waals surface area contributed by atoms with Crippen molar-refractivity contribution in [3.8, 4) is 0 Å². The van der Waals surface area contributed by atoms with Gasteiger partial charge in [-0.2, -0.15) is 5.53 Å². The third kappa shape index (κ3) is 4.32. The van der Waals surface area contributed by atoms with E-state index in [0.29, 0.717) is 23.6 Å². The summed E-state index contributed by atoms with van der Waals surface area (Å²) in [6.45, 7) is 2.49. The normalized spacial score (nSPS) is 20.1. The molecule has 0 spiro atoms. The van der Waals surface area contributed by atoms with Crippen LogP contribution in [0, 0.1) is 5.53 Å². The second-order valence-corrected chi connectivity index (χ2v) is 4.59. The first-order valence-corrected chi connectivity index (χ1v) is 6.69. The minimum atomic E-state index is -0.286. The predicted octanol–water partition coefficient (Wildman–Crippen LogP) is 2.00. The fourth-order valence-electron chi connectivity index (χ4n) is 1.88. The van der Waals surface area contributed by atoms with Crippen LogP contribution in [-0.2, 0) is 9.57 Å². The molecular formula is C13H18N6O2. The number of hydrogen-bond acceptors (Lipinski definition) is 6. The maximum Gasteiger partial charge on any atom is 0.226 e. The predicted molar refractivity (Wildman–Crippen MR) is 77.0 cm³/mol. The lowest BCUT2D eigenvalue weighted by Crippen LogP contribution is -2.21. The average Bonchev–Trinajstić information content (AvgIpc) is 2.54. The largest absolute Gasteiger partial charge is 0.382 e. The maximum absolute atomic E-state index is 6.68. The van der Waals surface area contributed by atoms with Crippen LogP contribution in [0.15, 0.2) is 33.8 Å². The van der Waals surface area contributed by atoms with E-state index in [1.54, 1.807) is 25.3 Å². The fourth-order valence-corrected chi connectivity index (χ4v) is 1.88. The van der Waals surface area contributed by atoms with Gasteiger partial charge in [-0.1, -0.05) is 10.4 Å². The SMILES string of the molecule is C/C(=N\OC1CCCCO1)c1cc(/C(N)=N/N=N)ccn1. The van der Waals surface area contributed by atoms with Crippen LogP contribution in [0.3, 0.4) is 0 Å². The number of ether oxygens (including phenoxy) is 1. The maximum atomic E-state index is 6.68. The standard InChI is InChI=1S/C13H18N6O2/c1-9(18-21-12-4-2-3-7-20-12)11-8-10(5-6-16-11)13(14)17-19-15/h5-6,8,12H,2-4,7H2,1H3,(H3,14,15,17)/b18-9+. The van der Waals surface area contributed by atoms with E-state index >= 15 is 0 Å². The highest BCUT2D eigenvalue weighted by molar-refractivity contribution is 6.01. The zero-order valence-corrected chi connectivity index (χ0v) is 11.8. The van der Waals surface area contributed by atoms with Crippen molar-refractivity contribution in [2.24, 2.45) is 21.2 Å². The van der Waals surface area contributed by atoms with E-state index < -0.39 is 0 Å². The summed E-state index contributed by atoms with van der Waals surface area (Å²) in [5, 5.41) is 10.4. The lowest BCUT2D eigenvalue weighted by Gasteiger charge is -2.20. The smallest absolute Gasteiger partial charge is 0.226 e. The zero-order valence-electron chi connectivity index (χ0n) is 11.8. The molecule has 0 aliphatic carbocycles. The number of rotatable bonds is 5. The Morgan fingerprint density at radius 1 is 1.52 bits per heavy atom. The number of oxime groups is 1. The van der Waals surface area contributed by atoms with Gasteiger partial charge in [0, 0.05) is 18.2 Å². The number of nitrogens with zero attached hydrogens (tertiary/aromatic N) is 4. The van der Waals surface area contributed by atoms with Crippen LogP contribution in [0.4, 0.5) is 0 Å². The summed E-state index contributed by atoms with van der Waals surface area (Å²) in [4.78, 5) is 9.57. The minimum absolute atomic E-state index is 0.151. The van der Waals surface area contributed by atoms with Crippen molar-refractivity contribution in [3.05, 3.63) is 29.6 Å². The second kappa shape index (κ2) is 7.44. The lowest BCUT2D eigenvalue weighted by molar-refractivity contribution is -0.162. The molecule has 0 saturated carbocycles. The molecule has 1 aliphatic rings. The molecule has 2 heterocycles. The van der Waals surface area contributed by atoms with Gasteiger partial charge in [0.2, 0.25) is 6.29 Å². The summed E-state index contributed by atoms with van der Waals surface area (Å²) in [7, 11) is 0. The topological polar surface area (TPSA) is 118 Å². The van der Waals surface area contributed by atoms with E-state index in [1.165, 1.54) is 0 Å². The van der Waals surface area contributed by atoms with E-state index in [1.807, 2.05) is 0 Å². The first-order valence-electron chi connectivity index (χ1n) is 6.69. The van der Waals surface area contributed by atoms with Crippen LogP contribution in [0.5, 0.6) is 0 Å². The van der Waals surface area contributed by atoms with Gasteiger partial charge in [-0.05, 0) is 31.9 Å². The van der Waals surface area contributed by atoms with Gasteiger partial charge < -0.3 is 15.3 Å².